The maximum Gasteiger partial charge on any atom is 0.189 e. The van der Waals surface area contributed by atoms with Crippen LogP contribution in [0.2, 0.25) is 0 Å². The highest BCUT2D eigenvalue weighted by molar-refractivity contribution is 7.80. The lowest BCUT2D eigenvalue weighted by Crippen LogP contribution is -2.23. The lowest BCUT2D eigenvalue weighted by Gasteiger charge is -2.00. The molecule has 11 heavy (non-hydrogen) atoms. The van der Waals surface area contributed by atoms with Gasteiger partial charge in [0.1, 0.15) is 0 Å². The number of aryl methyl sites for hydroxylation is 1. The third-order valence-corrected chi connectivity index (χ3v) is 2.20. The number of anilines is 1. The molecule has 0 aromatic carbocycles. The summed E-state index contributed by atoms with van der Waals surface area (Å²) < 4.78 is 0. The molecule has 1 aromatic heterocycles. The minimum Gasteiger partial charge on any atom is -0.365 e. The SMILES string of the molecule is CNC(=S)Nc1ncc(C)s1. The van der Waals surface area contributed by atoms with Crippen molar-refractivity contribution < 1.29 is 0 Å². The van der Waals surface area contributed by atoms with E-state index in [4.69, 9.17) is 12.2 Å². The predicted molar refractivity (Wildman–Crippen MR) is 52.1 cm³/mol. The first kappa shape index (κ1) is 8.42. The van der Waals surface area contributed by atoms with Crippen LogP contribution in [0.3, 0.4) is 0 Å². The molecule has 0 radical (unpaired) electrons. The van der Waals surface area contributed by atoms with E-state index in [0.29, 0.717) is 5.11 Å². The van der Waals surface area contributed by atoms with E-state index >= 15 is 0 Å². The number of hydrogen-bond donors (Lipinski definition) is 2. The van der Waals surface area contributed by atoms with Crippen molar-refractivity contribution in [3.8, 4) is 0 Å². The molecule has 0 aliphatic carbocycles. The fourth-order valence-electron chi connectivity index (χ4n) is 0.572. The number of thiocarbonyl (C=S) groups is 1. The van der Waals surface area contributed by atoms with Gasteiger partial charge in [0.2, 0.25) is 0 Å². The van der Waals surface area contributed by atoms with Crippen LogP contribution in [0.1, 0.15) is 4.88 Å². The fraction of sp³-hybridized carbons (Fsp3) is 0.333. The molecule has 0 aliphatic rings. The molecule has 0 saturated carbocycles. The third-order valence-electron chi connectivity index (χ3n) is 1.07. The predicted octanol–water partition coefficient (Wildman–Crippen LogP) is 1.37. The van der Waals surface area contributed by atoms with Gasteiger partial charge in [-0.3, -0.25) is 0 Å². The van der Waals surface area contributed by atoms with Gasteiger partial charge in [-0.1, -0.05) is 0 Å². The molecule has 0 atom stereocenters. The Bertz CT molecular complexity index is 256. The largest absolute Gasteiger partial charge is 0.365 e. The molecular weight excluding hydrogens is 178 g/mol. The zero-order chi connectivity index (χ0) is 8.27. The van der Waals surface area contributed by atoms with Crippen LogP contribution in [0, 0.1) is 6.92 Å². The Morgan fingerprint density at radius 1 is 1.73 bits per heavy atom. The maximum absolute atomic E-state index is 4.89. The van der Waals surface area contributed by atoms with Gasteiger partial charge in [-0.2, -0.15) is 0 Å². The summed E-state index contributed by atoms with van der Waals surface area (Å²) in [5, 5.41) is 7.18. The number of thiazole rings is 1. The van der Waals surface area contributed by atoms with Crippen molar-refractivity contribution in [1.29, 1.82) is 0 Å². The second kappa shape index (κ2) is 3.64. The van der Waals surface area contributed by atoms with Crippen molar-refractivity contribution in [3.63, 3.8) is 0 Å². The summed E-state index contributed by atoms with van der Waals surface area (Å²) in [5.41, 5.74) is 0. The minimum absolute atomic E-state index is 0.597. The highest BCUT2D eigenvalue weighted by Gasteiger charge is 1.98. The van der Waals surface area contributed by atoms with Gasteiger partial charge in [-0.25, -0.2) is 4.98 Å². The van der Waals surface area contributed by atoms with E-state index in [1.807, 2.05) is 13.1 Å². The van der Waals surface area contributed by atoms with Gasteiger partial charge in [0.05, 0.1) is 0 Å². The molecular formula is C6H9N3S2. The van der Waals surface area contributed by atoms with Gasteiger partial charge >= 0.3 is 0 Å². The number of nitrogens with zero attached hydrogens (tertiary/aromatic N) is 1. The van der Waals surface area contributed by atoms with E-state index in [1.165, 1.54) is 4.88 Å². The van der Waals surface area contributed by atoms with Crippen molar-refractivity contribution in [2.24, 2.45) is 0 Å². The molecule has 0 fully saturated rings. The van der Waals surface area contributed by atoms with E-state index in [0.717, 1.165) is 5.13 Å². The first-order valence-corrected chi connectivity index (χ1v) is 4.36. The van der Waals surface area contributed by atoms with Crippen molar-refractivity contribution in [2.75, 3.05) is 12.4 Å². The minimum atomic E-state index is 0.597. The first-order valence-electron chi connectivity index (χ1n) is 3.13. The molecule has 0 amide bonds. The Morgan fingerprint density at radius 2 is 2.45 bits per heavy atom. The zero-order valence-electron chi connectivity index (χ0n) is 6.34. The van der Waals surface area contributed by atoms with E-state index in [2.05, 4.69) is 15.6 Å². The fourth-order valence-corrected chi connectivity index (χ4v) is 1.40. The molecule has 2 N–H and O–H groups in total. The summed E-state index contributed by atoms with van der Waals surface area (Å²) in [7, 11) is 1.77. The van der Waals surface area contributed by atoms with Gasteiger partial charge in [-0.05, 0) is 19.1 Å². The van der Waals surface area contributed by atoms with Crippen LogP contribution in [-0.4, -0.2) is 17.1 Å². The second-order valence-corrected chi connectivity index (χ2v) is 3.62. The van der Waals surface area contributed by atoms with Crippen molar-refractivity contribution in [2.45, 2.75) is 6.92 Å². The number of nitrogens with one attached hydrogen (secondary N) is 2. The quantitative estimate of drug-likeness (QED) is 0.651. The summed E-state index contributed by atoms with van der Waals surface area (Å²) in [6.45, 7) is 2.01. The molecule has 0 spiro atoms. The Kier molecular flexibility index (Phi) is 2.78. The van der Waals surface area contributed by atoms with Crippen LogP contribution in [0.4, 0.5) is 5.13 Å². The van der Waals surface area contributed by atoms with Gasteiger partial charge in [0.25, 0.3) is 0 Å². The number of aromatic nitrogens is 1. The molecule has 60 valence electrons. The van der Waals surface area contributed by atoms with Crippen molar-refractivity contribution in [3.05, 3.63) is 11.1 Å². The molecule has 1 rings (SSSR count). The van der Waals surface area contributed by atoms with Crippen molar-refractivity contribution in [1.82, 2.24) is 10.3 Å². The monoisotopic (exact) mass is 187 g/mol. The highest BCUT2D eigenvalue weighted by atomic mass is 32.1. The molecule has 3 nitrogen and oxygen atoms in total. The van der Waals surface area contributed by atoms with Crippen LogP contribution in [0.15, 0.2) is 6.20 Å². The molecule has 0 aliphatic heterocycles. The molecule has 0 unspecified atom stereocenters. The smallest absolute Gasteiger partial charge is 0.189 e. The van der Waals surface area contributed by atoms with Crippen LogP contribution in [0.25, 0.3) is 0 Å². The first-order chi connectivity index (χ1) is 5.22. The van der Waals surface area contributed by atoms with Crippen LogP contribution in [0.5, 0.6) is 0 Å². The Morgan fingerprint density at radius 3 is 2.91 bits per heavy atom. The average Bonchev–Trinajstić information content (AvgIpc) is 2.35. The Balaban J connectivity index is 2.57. The van der Waals surface area contributed by atoms with Crippen LogP contribution >= 0.6 is 23.6 Å². The Labute approximate surface area is 74.8 Å². The summed E-state index contributed by atoms with van der Waals surface area (Å²) in [6.07, 6.45) is 1.81. The maximum atomic E-state index is 4.89. The summed E-state index contributed by atoms with van der Waals surface area (Å²) in [4.78, 5) is 5.26. The van der Waals surface area contributed by atoms with E-state index < -0.39 is 0 Å². The molecule has 0 saturated heterocycles. The molecule has 5 heteroatoms. The van der Waals surface area contributed by atoms with Crippen LogP contribution in [-0.2, 0) is 0 Å². The van der Waals surface area contributed by atoms with Gasteiger partial charge < -0.3 is 10.6 Å². The normalized spacial score (nSPS) is 9.27. The van der Waals surface area contributed by atoms with Gasteiger partial charge in [0, 0.05) is 18.1 Å². The van der Waals surface area contributed by atoms with Crippen molar-refractivity contribution >= 4 is 33.8 Å². The van der Waals surface area contributed by atoms with Gasteiger partial charge in [-0.15, -0.1) is 11.3 Å². The lowest BCUT2D eigenvalue weighted by molar-refractivity contribution is 1.19. The van der Waals surface area contributed by atoms with E-state index in [9.17, 15) is 0 Å². The van der Waals surface area contributed by atoms with E-state index in [-0.39, 0.29) is 0 Å². The zero-order valence-corrected chi connectivity index (χ0v) is 7.97. The topological polar surface area (TPSA) is 37.0 Å². The lowest BCUT2D eigenvalue weighted by atomic mass is 10.7. The summed E-state index contributed by atoms with van der Waals surface area (Å²) in [6, 6.07) is 0. The standard InChI is InChI=1S/C6H9N3S2/c1-4-3-8-6(11-4)9-5(10)7-2/h3H,1-2H3,(H2,7,8,9,10). The highest BCUT2D eigenvalue weighted by Crippen LogP contribution is 2.15. The van der Waals surface area contributed by atoms with Crippen LogP contribution < -0.4 is 10.6 Å². The molecule has 0 bridgehead atoms. The summed E-state index contributed by atoms with van der Waals surface area (Å²) >= 11 is 6.47. The number of rotatable bonds is 1. The summed E-state index contributed by atoms with van der Waals surface area (Å²) in [5.74, 6) is 0. The third kappa shape index (κ3) is 2.44. The Hall–Kier alpha value is -0.680. The molecule has 1 aromatic rings. The molecule has 1 heterocycles. The van der Waals surface area contributed by atoms with Gasteiger partial charge in [0.15, 0.2) is 10.2 Å². The average molecular weight is 187 g/mol. The number of hydrogen-bond acceptors (Lipinski definition) is 3. The van der Waals surface area contributed by atoms with E-state index in [1.54, 1.807) is 18.4 Å². The second-order valence-electron chi connectivity index (χ2n) is 1.98.